The maximum absolute atomic E-state index is 13.6. The van der Waals surface area contributed by atoms with Crippen LogP contribution in [-0.2, 0) is 6.18 Å². The number of carbonyl (C=O) groups is 1. The van der Waals surface area contributed by atoms with E-state index in [1.165, 1.54) is 24.3 Å². The lowest BCUT2D eigenvalue weighted by Crippen LogP contribution is -2.15. The average Bonchev–Trinajstić information content (AvgIpc) is 2.64. The normalized spacial score (nSPS) is 11.2. The van der Waals surface area contributed by atoms with Crippen molar-refractivity contribution in [3.63, 3.8) is 0 Å². The Balaban J connectivity index is 1.66. The van der Waals surface area contributed by atoms with Gasteiger partial charge in [0.1, 0.15) is 11.6 Å². The summed E-state index contributed by atoms with van der Waals surface area (Å²) in [5.74, 6) is -2.31. The standard InChI is InChI=1S/C18H11F5N4O/c19-11-3-6-14(13(20)9-11)25-17(28)15-7-8-16(27-26-15)24-12-4-1-10(2-5-12)18(21,22)23/h1-9H,(H,24,27)(H,25,28). The van der Waals surface area contributed by atoms with Crippen molar-refractivity contribution < 1.29 is 26.7 Å². The SMILES string of the molecule is O=C(Nc1ccc(F)cc1F)c1ccc(Nc2ccc(C(F)(F)F)cc2)nn1. The summed E-state index contributed by atoms with van der Waals surface area (Å²) in [5.41, 5.74) is -0.807. The van der Waals surface area contributed by atoms with E-state index in [9.17, 15) is 26.7 Å². The van der Waals surface area contributed by atoms with Crippen molar-refractivity contribution in [2.24, 2.45) is 0 Å². The molecule has 0 unspecified atom stereocenters. The maximum atomic E-state index is 13.6. The summed E-state index contributed by atoms with van der Waals surface area (Å²) in [6, 6.07) is 9.61. The molecule has 2 aromatic carbocycles. The molecule has 0 saturated heterocycles. The summed E-state index contributed by atoms with van der Waals surface area (Å²) < 4.78 is 64.1. The topological polar surface area (TPSA) is 66.9 Å². The fourth-order valence-electron chi connectivity index (χ4n) is 2.19. The molecule has 28 heavy (non-hydrogen) atoms. The monoisotopic (exact) mass is 394 g/mol. The molecule has 0 radical (unpaired) electrons. The molecule has 144 valence electrons. The largest absolute Gasteiger partial charge is 0.416 e. The van der Waals surface area contributed by atoms with Crippen molar-refractivity contribution >= 4 is 23.1 Å². The van der Waals surface area contributed by atoms with Crippen molar-refractivity contribution in [3.8, 4) is 0 Å². The van der Waals surface area contributed by atoms with Crippen LogP contribution in [0.4, 0.5) is 39.1 Å². The lowest BCUT2D eigenvalue weighted by atomic mass is 10.2. The van der Waals surface area contributed by atoms with Gasteiger partial charge in [0.05, 0.1) is 11.3 Å². The summed E-state index contributed by atoms with van der Waals surface area (Å²) in [6.07, 6.45) is -4.43. The minimum absolute atomic E-state index is 0.137. The second-order valence-electron chi connectivity index (χ2n) is 5.58. The van der Waals surface area contributed by atoms with Crippen molar-refractivity contribution in [1.29, 1.82) is 0 Å². The van der Waals surface area contributed by atoms with Gasteiger partial charge >= 0.3 is 6.18 Å². The van der Waals surface area contributed by atoms with Crippen molar-refractivity contribution in [2.75, 3.05) is 10.6 Å². The van der Waals surface area contributed by atoms with E-state index in [1.807, 2.05) is 0 Å². The van der Waals surface area contributed by atoms with Crippen LogP contribution in [0.15, 0.2) is 54.6 Å². The van der Waals surface area contributed by atoms with Gasteiger partial charge in [-0.3, -0.25) is 4.79 Å². The predicted octanol–water partition coefficient (Wildman–Crippen LogP) is 4.77. The molecule has 0 fully saturated rings. The molecule has 0 aliphatic carbocycles. The maximum Gasteiger partial charge on any atom is 0.416 e. The molecule has 2 N–H and O–H groups in total. The van der Waals surface area contributed by atoms with Gasteiger partial charge in [-0.1, -0.05) is 0 Å². The zero-order valence-electron chi connectivity index (χ0n) is 13.9. The number of alkyl halides is 3. The Morgan fingerprint density at radius 1 is 0.893 bits per heavy atom. The molecule has 0 atom stereocenters. The molecule has 0 bridgehead atoms. The molecule has 5 nitrogen and oxygen atoms in total. The van der Waals surface area contributed by atoms with E-state index in [-0.39, 0.29) is 17.2 Å². The lowest BCUT2D eigenvalue weighted by molar-refractivity contribution is -0.137. The fourth-order valence-corrected chi connectivity index (χ4v) is 2.19. The van der Waals surface area contributed by atoms with Gasteiger partial charge in [-0.05, 0) is 48.5 Å². The molecule has 0 saturated carbocycles. The number of benzene rings is 2. The summed E-state index contributed by atoms with van der Waals surface area (Å²) in [4.78, 5) is 12.1. The van der Waals surface area contributed by atoms with E-state index in [2.05, 4.69) is 20.8 Å². The minimum Gasteiger partial charge on any atom is -0.339 e. The molecular formula is C18H11F5N4O. The third-order valence-corrected chi connectivity index (χ3v) is 3.56. The number of hydrogen-bond acceptors (Lipinski definition) is 4. The smallest absolute Gasteiger partial charge is 0.339 e. The van der Waals surface area contributed by atoms with Crippen molar-refractivity contribution in [2.45, 2.75) is 6.18 Å². The molecule has 3 rings (SSSR count). The fraction of sp³-hybridized carbons (Fsp3) is 0.0556. The molecule has 1 amide bonds. The molecule has 1 aromatic heterocycles. The van der Waals surface area contributed by atoms with Gasteiger partial charge in [-0.25, -0.2) is 8.78 Å². The number of halogens is 5. The van der Waals surface area contributed by atoms with Gasteiger partial charge in [-0.15, -0.1) is 10.2 Å². The van der Waals surface area contributed by atoms with Gasteiger partial charge in [0.2, 0.25) is 0 Å². The zero-order valence-corrected chi connectivity index (χ0v) is 13.9. The van der Waals surface area contributed by atoms with Crippen LogP contribution in [0.5, 0.6) is 0 Å². The highest BCUT2D eigenvalue weighted by Crippen LogP contribution is 2.30. The second kappa shape index (κ2) is 7.59. The summed E-state index contributed by atoms with van der Waals surface area (Å²) in [5, 5.41) is 12.4. The Hall–Kier alpha value is -3.56. The first-order valence-corrected chi connectivity index (χ1v) is 7.77. The molecule has 0 aliphatic heterocycles. The summed E-state index contributed by atoms with van der Waals surface area (Å²) >= 11 is 0. The van der Waals surface area contributed by atoms with Crippen LogP contribution in [0.25, 0.3) is 0 Å². The highest BCUT2D eigenvalue weighted by atomic mass is 19.4. The molecule has 3 aromatic rings. The van der Waals surface area contributed by atoms with Gasteiger partial charge < -0.3 is 10.6 Å². The van der Waals surface area contributed by atoms with E-state index in [0.29, 0.717) is 11.8 Å². The Kier molecular flexibility index (Phi) is 5.21. The van der Waals surface area contributed by atoms with E-state index in [0.717, 1.165) is 24.3 Å². The van der Waals surface area contributed by atoms with Gasteiger partial charge in [-0.2, -0.15) is 13.2 Å². The molecule has 1 heterocycles. The van der Waals surface area contributed by atoms with E-state index < -0.39 is 29.3 Å². The summed E-state index contributed by atoms with van der Waals surface area (Å²) in [6.45, 7) is 0. The lowest BCUT2D eigenvalue weighted by Gasteiger charge is -2.09. The Morgan fingerprint density at radius 3 is 2.18 bits per heavy atom. The van der Waals surface area contributed by atoms with Crippen LogP contribution < -0.4 is 10.6 Å². The van der Waals surface area contributed by atoms with E-state index >= 15 is 0 Å². The van der Waals surface area contributed by atoms with E-state index in [4.69, 9.17) is 0 Å². The van der Waals surface area contributed by atoms with Crippen molar-refractivity contribution in [1.82, 2.24) is 10.2 Å². The number of rotatable bonds is 4. The quantitative estimate of drug-likeness (QED) is 0.626. The van der Waals surface area contributed by atoms with Crippen LogP contribution in [0.2, 0.25) is 0 Å². The Morgan fingerprint density at radius 2 is 1.61 bits per heavy atom. The second-order valence-corrected chi connectivity index (χ2v) is 5.58. The summed E-state index contributed by atoms with van der Waals surface area (Å²) in [7, 11) is 0. The Bertz CT molecular complexity index is 988. The molecule has 10 heteroatoms. The molecule has 0 aliphatic rings. The van der Waals surface area contributed by atoms with Gasteiger partial charge in [0.15, 0.2) is 11.5 Å². The Labute approximate surface area is 155 Å². The number of hydrogen-bond donors (Lipinski definition) is 2. The molecular weight excluding hydrogens is 383 g/mol. The zero-order chi connectivity index (χ0) is 20.3. The minimum atomic E-state index is -4.43. The number of nitrogens with one attached hydrogen (secondary N) is 2. The number of aromatic nitrogens is 2. The number of carbonyl (C=O) groups excluding carboxylic acids is 1. The number of amides is 1. The van der Waals surface area contributed by atoms with Gasteiger partial charge in [0, 0.05) is 11.8 Å². The van der Waals surface area contributed by atoms with E-state index in [1.54, 1.807) is 0 Å². The highest BCUT2D eigenvalue weighted by molar-refractivity contribution is 6.02. The third-order valence-electron chi connectivity index (χ3n) is 3.56. The molecule has 0 spiro atoms. The van der Waals surface area contributed by atoms with Crippen LogP contribution in [0, 0.1) is 11.6 Å². The first-order chi connectivity index (χ1) is 13.2. The van der Waals surface area contributed by atoms with Gasteiger partial charge in [0.25, 0.3) is 5.91 Å². The predicted molar refractivity (Wildman–Crippen MR) is 91.1 cm³/mol. The van der Waals surface area contributed by atoms with Crippen LogP contribution in [-0.4, -0.2) is 16.1 Å². The average molecular weight is 394 g/mol. The van der Waals surface area contributed by atoms with Crippen LogP contribution in [0.3, 0.4) is 0 Å². The third kappa shape index (κ3) is 4.58. The van der Waals surface area contributed by atoms with Crippen LogP contribution in [0.1, 0.15) is 16.1 Å². The number of nitrogens with zero attached hydrogens (tertiary/aromatic N) is 2. The number of anilines is 3. The van der Waals surface area contributed by atoms with Crippen molar-refractivity contribution in [3.05, 3.63) is 77.5 Å². The highest BCUT2D eigenvalue weighted by Gasteiger charge is 2.29. The first-order valence-electron chi connectivity index (χ1n) is 7.77. The first kappa shape index (κ1) is 19.2. The van der Waals surface area contributed by atoms with Crippen LogP contribution >= 0.6 is 0 Å².